The third kappa shape index (κ3) is 3.15. The molecule has 0 amide bonds. The van der Waals surface area contributed by atoms with Gasteiger partial charge in [0.25, 0.3) is 0 Å². The van der Waals surface area contributed by atoms with Gasteiger partial charge in [-0.15, -0.1) is 0 Å². The Hall–Kier alpha value is -1.76. The zero-order valence-electron chi connectivity index (χ0n) is 13.3. The summed E-state index contributed by atoms with van der Waals surface area (Å²) in [7, 11) is 0. The van der Waals surface area contributed by atoms with Crippen LogP contribution in [-0.4, -0.2) is 47.1 Å². The number of hydrogen-bond acceptors (Lipinski definition) is 6. The van der Waals surface area contributed by atoms with Crippen molar-refractivity contribution in [1.29, 1.82) is 0 Å². The summed E-state index contributed by atoms with van der Waals surface area (Å²) in [6.45, 7) is 5.99. The van der Waals surface area contributed by atoms with Gasteiger partial charge in [-0.05, 0) is 13.0 Å². The summed E-state index contributed by atoms with van der Waals surface area (Å²) >= 11 is 0. The van der Waals surface area contributed by atoms with E-state index in [1.165, 1.54) is 5.56 Å². The molecule has 0 atom stereocenters. The fourth-order valence-electron chi connectivity index (χ4n) is 3.25. The van der Waals surface area contributed by atoms with Gasteiger partial charge in [-0.3, -0.25) is 4.90 Å². The van der Waals surface area contributed by atoms with Crippen molar-refractivity contribution in [3.05, 3.63) is 35.7 Å². The second-order valence-corrected chi connectivity index (χ2v) is 6.26. The summed E-state index contributed by atoms with van der Waals surface area (Å²) in [4.78, 5) is 6.83. The average Bonchev–Trinajstić information content (AvgIpc) is 3.20. The number of nitrogens with zero attached hydrogens (tertiary/aromatic N) is 3. The minimum absolute atomic E-state index is 0.335. The molecule has 122 valence electrons. The van der Waals surface area contributed by atoms with Gasteiger partial charge in [-0.1, -0.05) is 28.9 Å². The summed E-state index contributed by atoms with van der Waals surface area (Å²) in [5.74, 6) is 0.975. The summed E-state index contributed by atoms with van der Waals surface area (Å²) in [6, 6.07) is 8.13. The number of aromatic nitrogens is 2. The van der Waals surface area contributed by atoms with E-state index >= 15 is 0 Å². The van der Waals surface area contributed by atoms with Crippen molar-refractivity contribution in [2.45, 2.75) is 32.1 Å². The first-order valence-electron chi connectivity index (χ1n) is 8.12. The van der Waals surface area contributed by atoms with Crippen molar-refractivity contribution in [2.75, 3.05) is 26.3 Å². The highest BCUT2D eigenvalue weighted by Crippen LogP contribution is 2.31. The van der Waals surface area contributed by atoms with Crippen LogP contribution in [0.4, 0.5) is 0 Å². The average molecular weight is 315 g/mol. The lowest BCUT2D eigenvalue weighted by Crippen LogP contribution is -2.44. The minimum atomic E-state index is -0.335. The molecule has 0 bridgehead atoms. The maximum Gasteiger partial charge on any atom is 0.241 e. The molecule has 2 fully saturated rings. The molecule has 0 unspecified atom stereocenters. The van der Waals surface area contributed by atoms with Crippen LogP contribution in [0, 0.1) is 6.92 Å². The van der Waals surface area contributed by atoms with Crippen molar-refractivity contribution in [2.24, 2.45) is 0 Å². The van der Waals surface area contributed by atoms with E-state index in [1.807, 2.05) is 12.1 Å². The molecule has 2 saturated heterocycles. The molecule has 0 aliphatic carbocycles. The van der Waals surface area contributed by atoms with Gasteiger partial charge in [0.05, 0.1) is 19.8 Å². The predicted octanol–water partition coefficient (Wildman–Crippen LogP) is 2.38. The zero-order chi connectivity index (χ0) is 15.7. The van der Waals surface area contributed by atoms with Gasteiger partial charge in [-0.25, -0.2) is 0 Å². The molecule has 2 aliphatic heterocycles. The molecule has 1 aromatic carbocycles. The molecule has 2 aromatic rings. The standard InChI is InChI=1S/C17H21N3O3/c1-13-3-2-4-14(11-13)16-18-15(23-19-16)12-20-7-5-17(6-8-20)21-9-10-22-17/h2-4,11H,5-10,12H2,1H3. The van der Waals surface area contributed by atoms with Crippen molar-refractivity contribution >= 4 is 0 Å². The SMILES string of the molecule is Cc1cccc(-c2noc(CN3CCC4(CC3)OCCO4)n2)c1. The monoisotopic (exact) mass is 315 g/mol. The van der Waals surface area contributed by atoms with Crippen LogP contribution in [0.15, 0.2) is 28.8 Å². The highest BCUT2D eigenvalue weighted by molar-refractivity contribution is 5.55. The number of likely N-dealkylation sites (tertiary alicyclic amines) is 1. The maximum atomic E-state index is 5.75. The third-order valence-corrected chi connectivity index (χ3v) is 4.53. The highest BCUT2D eigenvalue weighted by Gasteiger charge is 2.39. The molecule has 0 N–H and O–H groups in total. The first kappa shape index (κ1) is 14.8. The van der Waals surface area contributed by atoms with Crippen LogP contribution in [0.5, 0.6) is 0 Å². The molecule has 1 spiro atoms. The lowest BCUT2D eigenvalue weighted by Gasteiger charge is -2.36. The van der Waals surface area contributed by atoms with Crippen molar-refractivity contribution in [3.63, 3.8) is 0 Å². The Labute approximate surface area is 135 Å². The maximum absolute atomic E-state index is 5.75. The molecule has 3 heterocycles. The van der Waals surface area contributed by atoms with Gasteiger partial charge in [0.15, 0.2) is 5.79 Å². The van der Waals surface area contributed by atoms with Gasteiger partial charge in [-0.2, -0.15) is 4.98 Å². The smallest absolute Gasteiger partial charge is 0.241 e. The Morgan fingerprint density at radius 3 is 2.70 bits per heavy atom. The van der Waals surface area contributed by atoms with Gasteiger partial charge < -0.3 is 14.0 Å². The van der Waals surface area contributed by atoms with Crippen LogP contribution in [-0.2, 0) is 16.0 Å². The molecule has 23 heavy (non-hydrogen) atoms. The summed E-state index contributed by atoms with van der Waals surface area (Å²) in [5, 5.41) is 4.10. The quantitative estimate of drug-likeness (QED) is 0.867. The fraction of sp³-hybridized carbons (Fsp3) is 0.529. The number of aryl methyl sites for hydroxylation is 1. The molecule has 4 rings (SSSR count). The van der Waals surface area contributed by atoms with Crippen molar-refractivity contribution in [3.8, 4) is 11.4 Å². The van der Waals surface area contributed by atoms with Crippen LogP contribution in [0.3, 0.4) is 0 Å². The summed E-state index contributed by atoms with van der Waals surface area (Å²) < 4.78 is 16.9. The summed E-state index contributed by atoms with van der Waals surface area (Å²) in [5.41, 5.74) is 2.18. The van der Waals surface area contributed by atoms with Crippen LogP contribution >= 0.6 is 0 Å². The van der Waals surface area contributed by atoms with Gasteiger partial charge in [0.1, 0.15) is 0 Å². The first-order valence-corrected chi connectivity index (χ1v) is 8.12. The molecule has 0 saturated carbocycles. The summed E-state index contributed by atoms with van der Waals surface area (Å²) in [6.07, 6.45) is 1.79. The van der Waals surface area contributed by atoms with Crippen LogP contribution in [0.25, 0.3) is 11.4 Å². The van der Waals surface area contributed by atoms with Gasteiger partial charge >= 0.3 is 0 Å². The fourth-order valence-corrected chi connectivity index (χ4v) is 3.25. The van der Waals surface area contributed by atoms with E-state index in [4.69, 9.17) is 14.0 Å². The van der Waals surface area contributed by atoms with Gasteiger partial charge in [0.2, 0.25) is 11.7 Å². The Bertz CT molecular complexity index is 669. The number of hydrogen-bond donors (Lipinski definition) is 0. The number of piperidine rings is 1. The Morgan fingerprint density at radius 1 is 1.17 bits per heavy atom. The van der Waals surface area contributed by atoms with Crippen molar-refractivity contribution < 1.29 is 14.0 Å². The van der Waals surface area contributed by atoms with E-state index in [9.17, 15) is 0 Å². The van der Waals surface area contributed by atoms with Crippen LogP contribution < -0.4 is 0 Å². The molecule has 0 radical (unpaired) electrons. The van der Waals surface area contributed by atoms with E-state index < -0.39 is 0 Å². The largest absolute Gasteiger partial charge is 0.347 e. The van der Waals surface area contributed by atoms with Gasteiger partial charge in [0, 0.05) is 31.5 Å². The van der Waals surface area contributed by atoms with Crippen LogP contribution in [0.1, 0.15) is 24.3 Å². The third-order valence-electron chi connectivity index (χ3n) is 4.53. The lowest BCUT2D eigenvalue weighted by atomic mass is 10.0. The Kier molecular flexibility index (Phi) is 3.88. The molecule has 6 heteroatoms. The predicted molar refractivity (Wildman–Crippen MR) is 83.6 cm³/mol. The molecular weight excluding hydrogens is 294 g/mol. The topological polar surface area (TPSA) is 60.6 Å². The second-order valence-electron chi connectivity index (χ2n) is 6.26. The molecule has 2 aliphatic rings. The number of benzene rings is 1. The lowest BCUT2D eigenvalue weighted by molar-refractivity contribution is -0.186. The minimum Gasteiger partial charge on any atom is -0.347 e. The van der Waals surface area contributed by atoms with E-state index in [0.717, 1.165) is 31.5 Å². The van der Waals surface area contributed by atoms with E-state index in [1.54, 1.807) is 0 Å². The molecule has 6 nitrogen and oxygen atoms in total. The highest BCUT2D eigenvalue weighted by atomic mass is 16.7. The number of rotatable bonds is 3. The van der Waals surface area contributed by atoms with Crippen molar-refractivity contribution in [1.82, 2.24) is 15.0 Å². The zero-order valence-corrected chi connectivity index (χ0v) is 13.3. The van der Waals surface area contributed by atoms with Crippen LogP contribution in [0.2, 0.25) is 0 Å². The van der Waals surface area contributed by atoms with E-state index in [2.05, 4.69) is 34.1 Å². The Balaban J connectivity index is 1.39. The first-order chi connectivity index (χ1) is 11.2. The molecule has 1 aromatic heterocycles. The van der Waals surface area contributed by atoms with E-state index in [0.29, 0.717) is 31.5 Å². The Morgan fingerprint density at radius 2 is 1.96 bits per heavy atom. The molecular formula is C17H21N3O3. The normalized spacial score (nSPS) is 21.1. The second kappa shape index (κ2) is 6.03. The number of ether oxygens (including phenoxy) is 2. The van der Waals surface area contributed by atoms with E-state index in [-0.39, 0.29) is 5.79 Å².